The van der Waals surface area contributed by atoms with Gasteiger partial charge in [-0.05, 0) is 6.07 Å². The van der Waals surface area contributed by atoms with E-state index < -0.39 is 5.82 Å². The van der Waals surface area contributed by atoms with Gasteiger partial charge in [0.05, 0.1) is 23.7 Å². The molecule has 1 rings (SSSR count). The molecule has 14 heavy (non-hydrogen) atoms. The van der Waals surface area contributed by atoms with E-state index in [0.29, 0.717) is 0 Å². The minimum absolute atomic E-state index is 0.0276. The number of nitrogen functional groups attached to an aromatic ring is 1. The summed E-state index contributed by atoms with van der Waals surface area (Å²) in [5, 5.41) is 0.0652. The van der Waals surface area contributed by atoms with Gasteiger partial charge < -0.3 is 10.5 Å². The SMILES string of the molecule is COc1cc(F)c(C(=O)CBr)cc1N. The van der Waals surface area contributed by atoms with Crippen LogP contribution in [0.15, 0.2) is 12.1 Å². The number of halogens is 2. The fourth-order valence-electron chi connectivity index (χ4n) is 1.03. The predicted octanol–water partition coefficient (Wildman–Crippen LogP) is 1.99. The molecule has 0 spiro atoms. The second-order valence-corrected chi connectivity index (χ2v) is 3.19. The number of Topliss-reactive ketones (excluding diaryl/α,β-unsaturated/α-hetero) is 1. The number of anilines is 1. The van der Waals surface area contributed by atoms with E-state index in [1.807, 2.05) is 0 Å². The molecule has 0 saturated heterocycles. The molecule has 0 bridgehead atoms. The average Bonchev–Trinajstić information content (AvgIpc) is 2.19. The lowest BCUT2D eigenvalue weighted by atomic mass is 10.1. The first-order valence-electron chi connectivity index (χ1n) is 3.82. The number of hydrogen-bond acceptors (Lipinski definition) is 3. The standard InChI is InChI=1S/C9H9BrFNO2/c1-14-9-3-6(11)5(2-7(9)12)8(13)4-10/h2-3H,4,12H2,1H3. The summed E-state index contributed by atoms with van der Waals surface area (Å²) < 4.78 is 18.1. The monoisotopic (exact) mass is 261 g/mol. The summed E-state index contributed by atoms with van der Waals surface area (Å²) in [6, 6.07) is 2.38. The van der Waals surface area contributed by atoms with Crippen LogP contribution in [0.25, 0.3) is 0 Å². The number of carbonyl (C=O) groups excluding carboxylic acids is 1. The van der Waals surface area contributed by atoms with Gasteiger partial charge in [-0.1, -0.05) is 15.9 Å². The van der Waals surface area contributed by atoms with Gasteiger partial charge in [0.25, 0.3) is 0 Å². The van der Waals surface area contributed by atoms with Crippen molar-refractivity contribution in [2.75, 3.05) is 18.2 Å². The minimum Gasteiger partial charge on any atom is -0.494 e. The molecule has 3 nitrogen and oxygen atoms in total. The first kappa shape index (κ1) is 11.0. The molecule has 2 N–H and O–H groups in total. The molecule has 0 aliphatic carbocycles. The Morgan fingerprint density at radius 1 is 1.64 bits per heavy atom. The first-order chi connectivity index (χ1) is 6.60. The maximum Gasteiger partial charge on any atom is 0.176 e. The topological polar surface area (TPSA) is 52.3 Å². The van der Waals surface area contributed by atoms with Crippen LogP contribution in [0.4, 0.5) is 10.1 Å². The molecule has 5 heteroatoms. The summed E-state index contributed by atoms with van der Waals surface area (Å²) in [5.74, 6) is -0.744. The predicted molar refractivity (Wildman–Crippen MR) is 55.5 cm³/mol. The van der Waals surface area contributed by atoms with Crippen LogP contribution in [0.1, 0.15) is 10.4 Å². The lowest BCUT2D eigenvalue weighted by Crippen LogP contribution is -2.05. The van der Waals surface area contributed by atoms with Crippen LogP contribution in [0.5, 0.6) is 5.75 Å². The van der Waals surface area contributed by atoms with Crippen LogP contribution in [-0.4, -0.2) is 18.2 Å². The lowest BCUT2D eigenvalue weighted by molar-refractivity contribution is 0.102. The number of rotatable bonds is 3. The second-order valence-electron chi connectivity index (χ2n) is 2.63. The fourth-order valence-corrected chi connectivity index (χ4v) is 1.34. The highest BCUT2D eigenvalue weighted by atomic mass is 79.9. The van der Waals surface area contributed by atoms with E-state index >= 15 is 0 Å². The van der Waals surface area contributed by atoms with Crippen molar-refractivity contribution in [3.63, 3.8) is 0 Å². The molecular formula is C9H9BrFNO2. The Balaban J connectivity index is 3.21. The molecule has 76 valence electrons. The number of ketones is 1. The van der Waals surface area contributed by atoms with Gasteiger partial charge in [0.15, 0.2) is 5.78 Å². The molecule has 1 aromatic rings. The fraction of sp³-hybridized carbons (Fsp3) is 0.222. The van der Waals surface area contributed by atoms with E-state index in [1.54, 1.807) is 0 Å². The van der Waals surface area contributed by atoms with Crippen molar-refractivity contribution in [3.8, 4) is 5.75 Å². The molecule has 0 aliphatic rings. The summed E-state index contributed by atoms with van der Waals surface area (Å²) >= 11 is 2.96. The zero-order chi connectivity index (χ0) is 10.7. The average molecular weight is 262 g/mol. The number of alkyl halides is 1. The zero-order valence-electron chi connectivity index (χ0n) is 7.51. The van der Waals surface area contributed by atoms with Crippen molar-refractivity contribution in [2.24, 2.45) is 0 Å². The third-order valence-corrected chi connectivity index (χ3v) is 2.25. The van der Waals surface area contributed by atoms with E-state index in [2.05, 4.69) is 15.9 Å². The van der Waals surface area contributed by atoms with Gasteiger partial charge in [-0.3, -0.25) is 4.79 Å². The van der Waals surface area contributed by atoms with Gasteiger partial charge >= 0.3 is 0 Å². The van der Waals surface area contributed by atoms with E-state index in [0.717, 1.165) is 6.07 Å². The zero-order valence-corrected chi connectivity index (χ0v) is 9.10. The Bertz CT molecular complexity index is 368. The van der Waals surface area contributed by atoms with Crippen molar-refractivity contribution in [1.29, 1.82) is 0 Å². The third-order valence-electron chi connectivity index (χ3n) is 1.74. The molecule has 0 radical (unpaired) electrons. The van der Waals surface area contributed by atoms with Crippen molar-refractivity contribution in [1.82, 2.24) is 0 Å². The summed E-state index contributed by atoms with van der Waals surface area (Å²) in [7, 11) is 1.39. The Kier molecular flexibility index (Phi) is 3.46. The maximum atomic E-state index is 13.3. The molecule has 0 aromatic heterocycles. The van der Waals surface area contributed by atoms with Crippen molar-refractivity contribution >= 4 is 27.4 Å². The smallest absolute Gasteiger partial charge is 0.176 e. The first-order valence-corrected chi connectivity index (χ1v) is 4.94. The lowest BCUT2D eigenvalue weighted by Gasteiger charge is -2.06. The number of methoxy groups -OCH3 is 1. The highest BCUT2D eigenvalue weighted by molar-refractivity contribution is 9.09. The Morgan fingerprint density at radius 2 is 2.29 bits per heavy atom. The van der Waals surface area contributed by atoms with Crippen LogP contribution < -0.4 is 10.5 Å². The molecule has 0 saturated carbocycles. The van der Waals surface area contributed by atoms with Gasteiger partial charge in [0.2, 0.25) is 0 Å². The van der Waals surface area contributed by atoms with Crippen molar-refractivity contribution < 1.29 is 13.9 Å². The second kappa shape index (κ2) is 4.41. The summed E-state index contributed by atoms with van der Waals surface area (Å²) in [5.41, 5.74) is 5.75. The Morgan fingerprint density at radius 3 is 2.79 bits per heavy atom. The van der Waals surface area contributed by atoms with E-state index in [-0.39, 0.29) is 28.1 Å². The maximum absolute atomic E-state index is 13.3. The van der Waals surface area contributed by atoms with Crippen LogP contribution in [0, 0.1) is 5.82 Å². The molecule has 0 fully saturated rings. The van der Waals surface area contributed by atoms with Crippen LogP contribution in [0.2, 0.25) is 0 Å². The van der Waals surface area contributed by atoms with Crippen LogP contribution in [-0.2, 0) is 0 Å². The van der Waals surface area contributed by atoms with Gasteiger partial charge in [-0.25, -0.2) is 4.39 Å². The summed E-state index contributed by atoms with van der Waals surface area (Å²) in [6.45, 7) is 0. The van der Waals surface area contributed by atoms with Crippen LogP contribution in [0.3, 0.4) is 0 Å². The van der Waals surface area contributed by atoms with Gasteiger partial charge in [0.1, 0.15) is 11.6 Å². The number of benzene rings is 1. The molecule has 0 heterocycles. The van der Waals surface area contributed by atoms with Gasteiger partial charge in [0, 0.05) is 6.07 Å². The van der Waals surface area contributed by atoms with Crippen LogP contribution >= 0.6 is 15.9 Å². The highest BCUT2D eigenvalue weighted by Gasteiger charge is 2.13. The van der Waals surface area contributed by atoms with Crippen molar-refractivity contribution in [2.45, 2.75) is 0 Å². The van der Waals surface area contributed by atoms with Crippen molar-refractivity contribution in [3.05, 3.63) is 23.5 Å². The largest absolute Gasteiger partial charge is 0.494 e. The summed E-state index contributed by atoms with van der Waals surface area (Å²) in [6.07, 6.45) is 0. The molecule has 0 unspecified atom stereocenters. The normalized spacial score (nSPS) is 9.93. The highest BCUT2D eigenvalue weighted by Crippen LogP contribution is 2.25. The molecule has 1 aromatic carbocycles. The minimum atomic E-state index is -0.625. The van der Waals surface area contributed by atoms with E-state index in [4.69, 9.17) is 10.5 Å². The van der Waals surface area contributed by atoms with E-state index in [9.17, 15) is 9.18 Å². The molecule has 0 atom stereocenters. The Hall–Kier alpha value is -1.10. The van der Waals surface area contributed by atoms with Gasteiger partial charge in [-0.15, -0.1) is 0 Å². The quantitative estimate of drug-likeness (QED) is 0.515. The Labute approximate surface area is 89.2 Å². The number of nitrogens with two attached hydrogens (primary N) is 1. The third kappa shape index (κ3) is 2.04. The molecule has 0 aliphatic heterocycles. The van der Waals surface area contributed by atoms with Gasteiger partial charge in [-0.2, -0.15) is 0 Å². The molecule has 0 amide bonds. The number of hydrogen-bond donors (Lipinski definition) is 1. The molecular weight excluding hydrogens is 253 g/mol. The number of ether oxygens (including phenoxy) is 1. The summed E-state index contributed by atoms with van der Waals surface area (Å²) in [4.78, 5) is 11.2. The number of carbonyl (C=O) groups is 1. The van der Waals surface area contributed by atoms with E-state index in [1.165, 1.54) is 13.2 Å².